The maximum absolute atomic E-state index is 12.4. The summed E-state index contributed by atoms with van der Waals surface area (Å²) in [6.07, 6.45) is 1.73. The summed E-state index contributed by atoms with van der Waals surface area (Å²) in [7, 11) is -3.47. The molecule has 0 radical (unpaired) electrons. The SMILES string of the molecule is CC(C)S(=O)(=O)c1ccccc1C(=O)NC1CCNCC1.Cl. The maximum atomic E-state index is 12.4. The van der Waals surface area contributed by atoms with Crippen LogP contribution >= 0.6 is 12.4 Å². The van der Waals surface area contributed by atoms with Gasteiger partial charge in [0.2, 0.25) is 0 Å². The van der Waals surface area contributed by atoms with Gasteiger partial charge in [-0.1, -0.05) is 12.1 Å². The second-order valence-electron chi connectivity index (χ2n) is 5.59. The average Bonchev–Trinajstić information content (AvgIpc) is 2.48. The van der Waals surface area contributed by atoms with Crippen LogP contribution in [-0.4, -0.2) is 38.7 Å². The van der Waals surface area contributed by atoms with Crippen molar-refractivity contribution in [3.05, 3.63) is 29.8 Å². The summed E-state index contributed by atoms with van der Waals surface area (Å²) in [5, 5.41) is 5.62. The van der Waals surface area contributed by atoms with E-state index in [1.807, 2.05) is 0 Å². The third-order valence-electron chi connectivity index (χ3n) is 3.73. The summed E-state index contributed by atoms with van der Waals surface area (Å²) < 4.78 is 24.7. The van der Waals surface area contributed by atoms with Gasteiger partial charge in [-0.25, -0.2) is 8.42 Å². The van der Waals surface area contributed by atoms with Crippen LogP contribution in [-0.2, 0) is 9.84 Å². The van der Waals surface area contributed by atoms with Crippen LogP contribution in [0.1, 0.15) is 37.0 Å². The molecular formula is C15H23ClN2O3S. The number of benzene rings is 1. The Labute approximate surface area is 138 Å². The Morgan fingerprint density at radius 2 is 1.82 bits per heavy atom. The van der Waals surface area contributed by atoms with Gasteiger partial charge >= 0.3 is 0 Å². The third kappa shape index (κ3) is 4.21. The minimum Gasteiger partial charge on any atom is -0.349 e. The van der Waals surface area contributed by atoms with Gasteiger partial charge in [-0.2, -0.15) is 0 Å². The molecule has 0 aliphatic carbocycles. The molecule has 1 heterocycles. The lowest BCUT2D eigenvalue weighted by Crippen LogP contribution is -2.43. The first-order chi connectivity index (χ1) is 9.93. The lowest BCUT2D eigenvalue weighted by atomic mass is 10.1. The Kier molecular flexibility index (Phi) is 6.84. The van der Waals surface area contributed by atoms with E-state index in [0.717, 1.165) is 25.9 Å². The van der Waals surface area contributed by atoms with Crippen molar-refractivity contribution in [2.24, 2.45) is 0 Å². The van der Waals surface area contributed by atoms with Crippen molar-refractivity contribution in [1.82, 2.24) is 10.6 Å². The molecule has 2 rings (SSSR count). The first-order valence-corrected chi connectivity index (χ1v) is 8.82. The molecule has 1 amide bonds. The van der Waals surface area contributed by atoms with Gasteiger partial charge in [0.1, 0.15) is 0 Å². The van der Waals surface area contributed by atoms with E-state index < -0.39 is 15.1 Å². The van der Waals surface area contributed by atoms with Crippen molar-refractivity contribution in [2.75, 3.05) is 13.1 Å². The molecule has 1 fully saturated rings. The van der Waals surface area contributed by atoms with Crippen molar-refractivity contribution >= 4 is 28.2 Å². The number of hydrogen-bond acceptors (Lipinski definition) is 4. The number of carbonyl (C=O) groups excluding carboxylic acids is 1. The average molecular weight is 347 g/mol. The normalized spacial score (nSPS) is 16.1. The number of halogens is 1. The highest BCUT2D eigenvalue weighted by Crippen LogP contribution is 2.21. The van der Waals surface area contributed by atoms with Gasteiger partial charge in [-0.15, -0.1) is 12.4 Å². The van der Waals surface area contributed by atoms with Gasteiger partial charge in [0, 0.05) is 6.04 Å². The zero-order chi connectivity index (χ0) is 15.5. The van der Waals surface area contributed by atoms with Gasteiger partial charge in [-0.05, 0) is 51.9 Å². The second kappa shape index (κ2) is 7.94. The molecule has 0 unspecified atom stereocenters. The largest absolute Gasteiger partial charge is 0.349 e. The zero-order valence-electron chi connectivity index (χ0n) is 12.8. The smallest absolute Gasteiger partial charge is 0.252 e. The standard InChI is InChI=1S/C15H22N2O3S.ClH/c1-11(2)21(19,20)14-6-4-3-5-13(14)15(18)17-12-7-9-16-10-8-12;/h3-6,11-12,16H,7-10H2,1-2H3,(H,17,18);1H. The van der Waals surface area contributed by atoms with E-state index in [-0.39, 0.29) is 34.8 Å². The highest BCUT2D eigenvalue weighted by Gasteiger charge is 2.26. The Balaban J connectivity index is 0.00000242. The topological polar surface area (TPSA) is 75.3 Å². The quantitative estimate of drug-likeness (QED) is 0.871. The molecule has 124 valence electrons. The summed E-state index contributed by atoms with van der Waals surface area (Å²) in [6, 6.07) is 6.53. The van der Waals surface area contributed by atoms with Crippen LogP contribution in [0, 0.1) is 0 Å². The molecule has 1 aromatic carbocycles. The number of piperidine rings is 1. The molecule has 0 bridgehead atoms. The van der Waals surface area contributed by atoms with Crippen LogP contribution < -0.4 is 10.6 Å². The molecule has 0 aromatic heterocycles. The molecular weight excluding hydrogens is 324 g/mol. The molecule has 1 aromatic rings. The highest BCUT2D eigenvalue weighted by atomic mass is 35.5. The van der Waals surface area contributed by atoms with Crippen molar-refractivity contribution in [2.45, 2.75) is 42.9 Å². The molecule has 0 atom stereocenters. The summed E-state index contributed by atoms with van der Waals surface area (Å²) in [4.78, 5) is 12.5. The van der Waals surface area contributed by atoms with E-state index in [1.165, 1.54) is 6.07 Å². The van der Waals surface area contributed by atoms with Crippen LogP contribution in [0.5, 0.6) is 0 Å². The van der Waals surface area contributed by atoms with Crippen molar-refractivity contribution in [3.63, 3.8) is 0 Å². The van der Waals surface area contributed by atoms with Gasteiger partial charge in [-0.3, -0.25) is 4.79 Å². The number of rotatable bonds is 4. The lowest BCUT2D eigenvalue weighted by molar-refractivity contribution is 0.0926. The summed E-state index contributed by atoms with van der Waals surface area (Å²) in [6.45, 7) is 4.99. The molecule has 7 heteroatoms. The maximum Gasteiger partial charge on any atom is 0.252 e. The Morgan fingerprint density at radius 1 is 1.23 bits per heavy atom. The molecule has 0 spiro atoms. The number of hydrogen-bond donors (Lipinski definition) is 2. The fourth-order valence-corrected chi connectivity index (χ4v) is 3.63. The predicted molar refractivity (Wildman–Crippen MR) is 89.4 cm³/mol. The van der Waals surface area contributed by atoms with Crippen LogP contribution in [0.2, 0.25) is 0 Å². The Hall–Kier alpha value is -1.11. The summed E-state index contributed by atoms with van der Waals surface area (Å²) >= 11 is 0. The van der Waals surface area contributed by atoms with E-state index in [1.54, 1.807) is 32.0 Å². The first-order valence-electron chi connectivity index (χ1n) is 7.27. The van der Waals surface area contributed by atoms with E-state index in [2.05, 4.69) is 10.6 Å². The van der Waals surface area contributed by atoms with Gasteiger partial charge in [0.15, 0.2) is 9.84 Å². The minimum atomic E-state index is -3.47. The Morgan fingerprint density at radius 3 is 2.41 bits per heavy atom. The van der Waals surface area contributed by atoms with Crippen molar-refractivity contribution < 1.29 is 13.2 Å². The molecule has 1 aliphatic rings. The molecule has 0 saturated carbocycles. The molecule has 5 nitrogen and oxygen atoms in total. The van der Waals surface area contributed by atoms with Crippen LogP contribution in [0.15, 0.2) is 29.2 Å². The molecule has 1 saturated heterocycles. The second-order valence-corrected chi connectivity index (χ2v) is 8.06. The molecule has 1 aliphatic heterocycles. The van der Waals surface area contributed by atoms with E-state index in [4.69, 9.17) is 0 Å². The van der Waals surface area contributed by atoms with E-state index >= 15 is 0 Å². The first kappa shape index (κ1) is 18.9. The summed E-state index contributed by atoms with van der Waals surface area (Å²) in [5.74, 6) is -0.304. The van der Waals surface area contributed by atoms with Crippen LogP contribution in [0.3, 0.4) is 0 Å². The number of amides is 1. The lowest BCUT2D eigenvalue weighted by Gasteiger charge is -2.24. The fraction of sp³-hybridized carbons (Fsp3) is 0.533. The van der Waals surface area contributed by atoms with Gasteiger partial charge < -0.3 is 10.6 Å². The Bertz CT molecular complexity index is 611. The van der Waals surface area contributed by atoms with E-state index in [9.17, 15) is 13.2 Å². The minimum absolute atomic E-state index is 0. The monoisotopic (exact) mass is 346 g/mol. The van der Waals surface area contributed by atoms with Gasteiger partial charge in [0.25, 0.3) is 5.91 Å². The van der Waals surface area contributed by atoms with Gasteiger partial charge in [0.05, 0.1) is 15.7 Å². The van der Waals surface area contributed by atoms with Crippen LogP contribution in [0.4, 0.5) is 0 Å². The highest BCUT2D eigenvalue weighted by molar-refractivity contribution is 7.92. The third-order valence-corrected chi connectivity index (χ3v) is 5.94. The number of nitrogens with one attached hydrogen (secondary N) is 2. The number of sulfone groups is 1. The summed E-state index contributed by atoms with van der Waals surface area (Å²) in [5.41, 5.74) is 0.240. The van der Waals surface area contributed by atoms with Crippen molar-refractivity contribution in [1.29, 1.82) is 0 Å². The molecule has 22 heavy (non-hydrogen) atoms. The zero-order valence-corrected chi connectivity index (χ0v) is 14.5. The van der Waals surface area contributed by atoms with E-state index in [0.29, 0.717) is 0 Å². The fourth-order valence-electron chi connectivity index (χ4n) is 2.39. The predicted octanol–water partition coefficient (Wildman–Crippen LogP) is 1.77. The van der Waals surface area contributed by atoms with Crippen molar-refractivity contribution in [3.8, 4) is 0 Å². The molecule has 2 N–H and O–H groups in total. The van der Waals surface area contributed by atoms with Crippen LogP contribution in [0.25, 0.3) is 0 Å². The number of carbonyl (C=O) groups is 1.